The molecule has 0 aliphatic heterocycles. The fraction of sp³-hybridized carbons (Fsp3) is 0. The Bertz CT molecular complexity index is 379. The Balaban J connectivity index is 2.91. The molecule has 0 saturated carbocycles. The van der Waals surface area contributed by atoms with Gasteiger partial charge >= 0.3 is 0 Å². The van der Waals surface area contributed by atoms with Crippen molar-refractivity contribution in [2.75, 3.05) is 0 Å². The Labute approximate surface area is 64.1 Å². The van der Waals surface area contributed by atoms with Crippen molar-refractivity contribution in [3.63, 3.8) is 0 Å². The zero-order chi connectivity index (χ0) is 7.68. The predicted molar refractivity (Wildman–Crippen MR) is 42.2 cm³/mol. The Morgan fingerprint density at radius 2 is 2.09 bits per heavy atom. The number of aromatic nitrogens is 1. The molecule has 1 heterocycles. The van der Waals surface area contributed by atoms with Gasteiger partial charge in [0.15, 0.2) is 0 Å². The van der Waals surface area contributed by atoms with Crippen LogP contribution in [0.1, 0.15) is 0 Å². The third-order valence-electron chi connectivity index (χ3n) is 1.59. The summed E-state index contributed by atoms with van der Waals surface area (Å²) in [6, 6.07) is 9.26. The SMILES string of the molecule is Oc1n[c]cc2ccccc12. The highest BCUT2D eigenvalue weighted by molar-refractivity contribution is 5.85. The molecule has 2 aromatic rings. The molecular formula is C9H6NO. The van der Waals surface area contributed by atoms with Gasteiger partial charge in [-0.2, -0.15) is 0 Å². The molecule has 0 atom stereocenters. The molecule has 1 aromatic carbocycles. The summed E-state index contributed by atoms with van der Waals surface area (Å²) in [5, 5.41) is 11.0. The van der Waals surface area contributed by atoms with Gasteiger partial charge in [0, 0.05) is 5.39 Å². The smallest absolute Gasteiger partial charge is 0.219 e. The monoisotopic (exact) mass is 144 g/mol. The second-order valence-electron chi connectivity index (χ2n) is 2.30. The largest absolute Gasteiger partial charge is 0.493 e. The molecule has 1 N–H and O–H groups in total. The van der Waals surface area contributed by atoms with Gasteiger partial charge in [0.05, 0.1) is 6.20 Å². The molecule has 0 aliphatic rings. The first-order valence-electron chi connectivity index (χ1n) is 3.33. The molecule has 0 bridgehead atoms. The van der Waals surface area contributed by atoms with Gasteiger partial charge in [0.1, 0.15) is 0 Å². The third-order valence-corrected chi connectivity index (χ3v) is 1.59. The maximum atomic E-state index is 9.23. The van der Waals surface area contributed by atoms with E-state index in [-0.39, 0.29) is 5.88 Å². The van der Waals surface area contributed by atoms with Crippen LogP contribution in [0.25, 0.3) is 10.8 Å². The number of benzene rings is 1. The molecule has 0 saturated heterocycles. The van der Waals surface area contributed by atoms with Crippen LogP contribution >= 0.6 is 0 Å². The van der Waals surface area contributed by atoms with Crippen LogP contribution in [-0.4, -0.2) is 10.1 Å². The van der Waals surface area contributed by atoms with Crippen molar-refractivity contribution in [1.29, 1.82) is 0 Å². The summed E-state index contributed by atoms with van der Waals surface area (Å²) >= 11 is 0. The molecule has 0 aliphatic carbocycles. The van der Waals surface area contributed by atoms with E-state index in [2.05, 4.69) is 11.2 Å². The van der Waals surface area contributed by atoms with Gasteiger partial charge in [0.25, 0.3) is 0 Å². The Hall–Kier alpha value is -1.57. The van der Waals surface area contributed by atoms with Gasteiger partial charge < -0.3 is 5.11 Å². The number of aromatic hydroxyl groups is 1. The maximum absolute atomic E-state index is 9.23. The van der Waals surface area contributed by atoms with Crippen LogP contribution < -0.4 is 0 Å². The molecule has 53 valence electrons. The van der Waals surface area contributed by atoms with Gasteiger partial charge in [-0.1, -0.05) is 18.2 Å². The Kier molecular flexibility index (Phi) is 1.25. The third kappa shape index (κ3) is 0.923. The van der Waals surface area contributed by atoms with E-state index in [9.17, 15) is 5.11 Å². The minimum absolute atomic E-state index is 0.0445. The number of hydrogen-bond donors (Lipinski definition) is 1. The van der Waals surface area contributed by atoms with E-state index < -0.39 is 0 Å². The minimum Gasteiger partial charge on any atom is -0.493 e. The predicted octanol–water partition coefficient (Wildman–Crippen LogP) is 1.74. The molecule has 2 nitrogen and oxygen atoms in total. The normalized spacial score (nSPS) is 10.2. The summed E-state index contributed by atoms with van der Waals surface area (Å²) in [6.45, 7) is 0. The Morgan fingerprint density at radius 1 is 1.27 bits per heavy atom. The zero-order valence-electron chi connectivity index (χ0n) is 5.78. The number of nitrogens with zero attached hydrogens (tertiary/aromatic N) is 1. The highest BCUT2D eigenvalue weighted by Crippen LogP contribution is 2.19. The second-order valence-corrected chi connectivity index (χ2v) is 2.30. The molecule has 0 spiro atoms. The molecule has 1 aromatic heterocycles. The van der Waals surface area contributed by atoms with Crippen LogP contribution in [0.2, 0.25) is 0 Å². The summed E-state index contributed by atoms with van der Waals surface area (Å²) in [7, 11) is 0. The summed E-state index contributed by atoms with van der Waals surface area (Å²) in [5.74, 6) is 0.0445. The van der Waals surface area contributed by atoms with Crippen molar-refractivity contribution in [3.8, 4) is 5.88 Å². The van der Waals surface area contributed by atoms with Crippen molar-refractivity contribution >= 4 is 10.8 Å². The van der Waals surface area contributed by atoms with Crippen molar-refractivity contribution in [1.82, 2.24) is 4.98 Å². The van der Waals surface area contributed by atoms with E-state index in [1.165, 1.54) is 0 Å². The first kappa shape index (κ1) is 6.16. The molecule has 11 heavy (non-hydrogen) atoms. The molecule has 2 rings (SSSR count). The van der Waals surface area contributed by atoms with Gasteiger partial charge in [-0.25, -0.2) is 4.98 Å². The molecule has 2 heteroatoms. The first-order valence-corrected chi connectivity index (χ1v) is 3.33. The second kappa shape index (κ2) is 2.23. The lowest BCUT2D eigenvalue weighted by molar-refractivity contribution is 0.460. The highest BCUT2D eigenvalue weighted by atomic mass is 16.3. The summed E-state index contributed by atoms with van der Waals surface area (Å²) in [4.78, 5) is 3.64. The van der Waals surface area contributed by atoms with Crippen molar-refractivity contribution in [2.45, 2.75) is 0 Å². The molecule has 1 radical (unpaired) electrons. The highest BCUT2D eigenvalue weighted by Gasteiger charge is 1.96. The lowest BCUT2D eigenvalue weighted by Crippen LogP contribution is -1.76. The molecular weight excluding hydrogens is 138 g/mol. The van der Waals surface area contributed by atoms with E-state index in [0.717, 1.165) is 10.8 Å². The van der Waals surface area contributed by atoms with Crippen LogP contribution in [-0.2, 0) is 0 Å². The fourth-order valence-corrected chi connectivity index (χ4v) is 1.05. The van der Waals surface area contributed by atoms with E-state index in [0.29, 0.717) is 0 Å². The van der Waals surface area contributed by atoms with Crippen LogP contribution in [0, 0.1) is 6.20 Å². The lowest BCUT2D eigenvalue weighted by Gasteiger charge is -1.96. The van der Waals surface area contributed by atoms with Crippen molar-refractivity contribution < 1.29 is 5.11 Å². The van der Waals surface area contributed by atoms with E-state index in [1.54, 1.807) is 6.07 Å². The summed E-state index contributed by atoms with van der Waals surface area (Å²) < 4.78 is 0. The number of hydrogen-bond acceptors (Lipinski definition) is 2. The average Bonchev–Trinajstić information content (AvgIpc) is 2.06. The van der Waals surface area contributed by atoms with Gasteiger partial charge in [-0.05, 0) is 17.5 Å². The number of pyridine rings is 1. The minimum atomic E-state index is 0.0445. The molecule has 0 unspecified atom stereocenters. The Morgan fingerprint density at radius 3 is 2.91 bits per heavy atom. The average molecular weight is 144 g/mol. The van der Waals surface area contributed by atoms with E-state index in [1.807, 2.05) is 24.3 Å². The van der Waals surface area contributed by atoms with Gasteiger partial charge in [0.2, 0.25) is 5.88 Å². The number of fused-ring (bicyclic) bond motifs is 1. The standard InChI is InChI=1S/C9H6NO/c11-9-8-4-2-1-3-7(8)5-6-10-9/h1-5H,(H,10,11). The maximum Gasteiger partial charge on any atom is 0.219 e. The molecule has 0 amide bonds. The number of rotatable bonds is 0. The van der Waals surface area contributed by atoms with Gasteiger partial charge in [-0.15, -0.1) is 0 Å². The topological polar surface area (TPSA) is 33.1 Å². The van der Waals surface area contributed by atoms with Crippen LogP contribution in [0.15, 0.2) is 30.3 Å². The first-order chi connectivity index (χ1) is 5.38. The van der Waals surface area contributed by atoms with E-state index in [4.69, 9.17) is 0 Å². The quantitative estimate of drug-likeness (QED) is 0.611. The molecule has 0 fully saturated rings. The van der Waals surface area contributed by atoms with Crippen LogP contribution in [0.3, 0.4) is 0 Å². The summed E-state index contributed by atoms with van der Waals surface area (Å²) in [5.41, 5.74) is 0. The van der Waals surface area contributed by atoms with Crippen molar-refractivity contribution in [3.05, 3.63) is 36.5 Å². The van der Waals surface area contributed by atoms with Crippen molar-refractivity contribution in [2.24, 2.45) is 0 Å². The summed E-state index contributed by atoms with van der Waals surface area (Å²) in [6.07, 6.45) is 2.60. The van der Waals surface area contributed by atoms with Crippen LogP contribution in [0.4, 0.5) is 0 Å². The lowest BCUT2D eigenvalue weighted by atomic mass is 10.2. The van der Waals surface area contributed by atoms with Gasteiger partial charge in [-0.3, -0.25) is 0 Å². The van der Waals surface area contributed by atoms with E-state index >= 15 is 0 Å². The zero-order valence-corrected chi connectivity index (χ0v) is 5.78. The van der Waals surface area contributed by atoms with Crippen LogP contribution in [0.5, 0.6) is 5.88 Å². The fourth-order valence-electron chi connectivity index (χ4n) is 1.05.